The number of hydrogen-bond donors (Lipinski definition) is 3. The Morgan fingerprint density at radius 3 is 2.95 bits per heavy atom. The van der Waals surface area contributed by atoms with Crippen LogP contribution in [0.1, 0.15) is 15.5 Å². The molecular formula is C12H11N5OS. The number of anilines is 2. The number of carbonyl (C=O) groups excluding carboxylic acids is 1. The molecule has 1 amide bonds. The van der Waals surface area contributed by atoms with Gasteiger partial charge in [0.1, 0.15) is 10.7 Å². The molecule has 3 rings (SSSR count). The van der Waals surface area contributed by atoms with Crippen LogP contribution in [0.25, 0.3) is 10.9 Å². The van der Waals surface area contributed by atoms with Gasteiger partial charge in [-0.25, -0.2) is 0 Å². The van der Waals surface area contributed by atoms with Crippen LogP contribution in [-0.4, -0.2) is 21.1 Å². The molecule has 0 saturated carbocycles. The zero-order valence-corrected chi connectivity index (χ0v) is 10.9. The van der Waals surface area contributed by atoms with Gasteiger partial charge in [-0.2, -0.15) is 0 Å². The number of amides is 1. The Kier molecular flexibility index (Phi) is 2.68. The van der Waals surface area contributed by atoms with E-state index in [1.807, 2.05) is 19.1 Å². The van der Waals surface area contributed by atoms with Crippen LogP contribution in [0.15, 0.2) is 24.3 Å². The number of nitrogens with zero attached hydrogens (tertiary/aromatic N) is 2. The van der Waals surface area contributed by atoms with Crippen molar-refractivity contribution in [3.8, 4) is 0 Å². The Bertz CT molecular complexity index is 760. The lowest BCUT2D eigenvalue weighted by Gasteiger charge is -1.96. The van der Waals surface area contributed by atoms with Crippen molar-refractivity contribution in [2.45, 2.75) is 6.92 Å². The van der Waals surface area contributed by atoms with E-state index in [0.29, 0.717) is 16.5 Å². The number of carbonyl (C=O) groups is 1. The predicted octanol–water partition coefficient (Wildman–Crippen LogP) is 2.16. The number of rotatable bonds is 2. The molecule has 0 aliphatic rings. The summed E-state index contributed by atoms with van der Waals surface area (Å²) in [6.07, 6.45) is 0. The molecule has 0 bridgehead atoms. The number of nitrogens with one attached hydrogen (secondary N) is 2. The van der Waals surface area contributed by atoms with Crippen LogP contribution in [0.5, 0.6) is 0 Å². The molecule has 3 aromatic rings. The fourth-order valence-electron chi connectivity index (χ4n) is 1.78. The Hall–Kier alpha value is -2.41. The number of fused-ring (bicyclic) bond motifs is 1. The Balaban J connectivity index is 1.89. The molecule has 0 atom stereocenters. The zero-order chi connectivity index (χ0) is 13.4. The van der Waals surface area contributed by atoms with Crippen molar-refractivity contribution in [2.24, 2.45) is 0 Å². The third kappa shape index (κ3) is 2.27. The first-order chi connectivity index (χ1) is 9.11. The number of H-pyrrole nitrogens is 1. The number of nitrogen functional groups attached to an aromatic ring is 1. The minimum Gasteiger partial charge on any atom is -0.399 e. The molecule has 0 radical (unpaired) electrons. The van der Waals surface area contributed by atoms with Gasteiger partial charge in [-0.1, -0.05) is 11.3 Å². The lowest BCUT2D eigenvalue weighted by molar-refractivity contribution is 0.102. The van der Waals surface area contributed by atoms with Crippen molar-refractivity contribution >= 4 is 39.0 Å². The van der Waals surface area contributed by atoms with Gasteiger partial charge in [-0.05, 0) is 31.2 Å². The average Bonchev–Trinajstić information content (AvgIpc) is 2.95. The van der Waals surface area contributed by atoms with Crippen LogP contribution in [0.2, 0.25) is 0 Å². The van der Waals surface area contributed by atoms with Gasteiger partial charge in [0.2, 0.25) is 5.13 Å². The van der Waals surface area contributed by atoms with Crippen LogP contribution in [0.4, 0.5) is 10.8 Å². The maximum atomic E-state index is 12.0. The SMILES string of the molecule is Cc1nnc(NC(=O)c2cc3cc(N)ccc3[nH]2)s1. The largest absolute Gasteiger partial charge is 0.399 e. The number of hydrogen-bond acceptors (Lipinski definition) is 5. The maximum Gasteiger partial charge on any atom is 0.273 e. The third-order valence-corrected chi connectivity index (χ3v) is 3.39. The van der Waals surface area contributed by atoms with Crippen molar-refractivity contribution in [1.82, 2.24) is 15.2 Å². The molecule has 0 saturated heterocycles. The third-order valence-electron chi connectivity index (χ3n) is 2.64. The van der Waals surface area contributed by atoms with Crippen molar-refractivity contribution in [3.63, 3.8) is 0 Å². The lowest BCUT2D eigenvalue weighted by Crippen LogP contribution is -2.11. The highest BCUT2D eigenvalue weighted by Gasteiger charge is 2.12. The van der Waals surface area contributed by atoms with Gasteiger partial charge in [0.05, 0.1) is 0 Å². The van der Waals surface area contributed by atoms with Gasteiger partial charge in [-0.15, -0.1) is 10.2 Å². The summed E-state index contributed by atoms with van der Waals surface area (Å²) in [5.41, 5.74) is 7.70. The lowest BCUT2D eigenvalue weighted by atomic mass is 10.2. The van der Waals surface area contributed by atoms with Crippen molar-refractivity contribution in [2.75, 3.05) is 11.1 Å². The number of aryl methyl sites for hydroxylation is 1. The van der Waals surface area contributed by atoms with Gasteiger partial charge >= 0.3 is 0 Å². The molecule has 0 aliphatic heterocycles. The fraction of sp³-hybridized carbons (Fsp3) is 0.0833. The summed E-state index contributed by atoms with van der Waals surface area (Å²) in [6, 6.07) is 7.21. The summed E-state index contributed by atoms with van der Waals surface area (Å²) >= 11 is 1.33. The number of aromatic nitrogens is 3. The fourth-order valence-corrected chi connectivity index (χ4v) is 2.37. The van der Waals surface area contributed by atoms with Gasteiger partial charge in [0, 0.05) is 16.6 Å². The van der Waals surface area contributed by atoms with Crippen molar-refractivity contribution < 1.29 is 4.79 Å². The highest BCUT2D eigenvalue weighted by molar-refractivity contribution is 7.15. The summed E-state index contributed by atoms with van der Waals surface area (Å²) in [7, 11) is 0. The maximum absolute atomic E-state index is 12.0. The minimum atomic E-state index is -0.245. The first-order valence-electron chi connectivity index (χ1n) is 5.61. The van der Waals surface area contributed by atoms with E-state index in [0.717, 1.165) is 15.9 Å². The standard InChI is InChI=1S/C12H11N5OS/c1-6-16-17-12(19-6)15-11(18)10-5-7-4-8(13)2-3-9(7)14-10/h2-5,14H,13H2,1H3,(H,15,17,18). The smallest absolute Gasteiger partial charge is 0.273 e. The molecule has 6 nitrogen and oxygen atoms in total. The van der Waals surface area contributed by atoms with Crippen LogP contribution >= 0.6 is 11.3 Å². The molecule has 0 fully saturated rings. The molecule has 4 N–H and O–H groups in total. The topological polar surface area (TPSA) is 96.7 Å². The molecule has 7 heteroatoms. The normalized spacial score (nSPS) is 10.8. The summed E-state index contributed by atoms with van der Waals surface area (Å²) < 4.78 is 0. The van der Waals surface area contributed by atoms with Gasteiger partial charge in [0.25, 0.3) is 5.91 Å². The second-order valence-electron chi connectivity index (χ2n) is 4.11. The Morgan fingerprint density at radius 2 is 2.21 bits per heavy atom. The Morgan fingerprint density at radius 1 is 1.37 bits per heavy atom. The molecule has 0 spiro atoms. The molecule has 1 aromatic carbocycles. The summed E-state index contributed by atoms with van der Waals surface area (Å²) in [6.45, 7) is 1.83. The van der Waals surface area contributed by atoms with E-state index < -0.39 is 0 Å². The van der Waals surface area contributed by atoms with Gasteiger partial charge in [0.15, 0.2) is 0 Å². The zero-order valence-electron chi connectivity index (χ0n) is 10.1. The minimum absolute atomic E-state index is 0.245. The Labute approximate surface area is 112 Å². The van der Waals surface area contributed by atoms with Crippen molar-refractivity contribution in [1.29, 1.82) is 0 Å². The highest BCUT2D eigenvalue weighted by atomic mass is 32.1. The van der Waals surface area contributed by atoms with E-state index >= 15 is 0 Å². The number of nitrogens with two attached hydrogens (primary N) is 1. The molecule has 2 aromatic heterocycles. The van der Waals surface area contributed by atoms with E-state index in [2.05, 4.69) is 20.5 Å². The van der Waals surface area contributed by atoms with E-state index in [-0.39, 0.29) is 5.91 Å². The van der Waals surface area contributed by atoms with Gasteiger partial charge < -0.3 is 10.7 Å². The van der Waals surface area contributed by atoms with E-state index in [9.17, 15) is 4.79 Å². The highest BCUT2D eigenvalue weighted by Crippen LogP contribution is 2.20. The monoisotopic (exact) mass is 273 g/mol. The number of aromatic amines is 1. The van der Waals surface area contributed by atoms with Crippen LogP contribution in [0, 0.1) is 6.92 Å². The predicted molar refractivity (Wildman–Crippen MR) is 75.3 cm³/mol. The summed E-state index contributed by atoms with van der Waals surface area (Å²) in [4.78, 5) is 15.1. The molecule has 19 heavy (non-hydrogen) atoms. The van der Waals surface area contributed by atoms with E-state index in [1.54, 1.807) is 12.1 Å². The van der Waals surface area contributed by atoms with Crippen LogP contribution in [0.3, 0.4) is 0 Å². The molecular weight excluding hydrogens is 262 g/mol. The number of benzene rings is 1. The molecule has 0 aliphatic carbocycles. The quantitative estimate of drug-likeness (QED) is 0.623. The molecule has 0 unspecified atom stereocenters. The van der Waals surface area contributed by atoms with Crippen LogP contribution < -0.4 is 11.1 Å². The second kappa shape index (κ2) is 4.36. The average molecular weight is 273 g/mol. The van der Waals surface area contributed by atoms with Crippen molar-refractivity contribution in [3.05, 3.63) is 35.0 Å². The summed E-state index contributed by atoms with van der Waals surface area (Å²) in [5.74, 6) is -0.245. The summed E-state index contributed by atoms with van der Waals surface area (Å²) in [5, 5.41) is 12.6. The van der Waals surface area contributed by atoms with E-state index in [4.69, 9.17) is 5.73 Å². The van der Waals surface area contributed by atoms with E-state index in [1.165, 1.54) is 11.3 Å². The first kappa shape index (κ1) is 11.7. The van der Waals surface area contributed by atoms with Crippen LogP contribution in [-0.2, 0) is 0 Å². The molecule has 96 valence electrons. The first-order valence-corrected chi connectivity index (χ1v) is 6.43. The molecule has 2 heterocycles. The van der Waals surface area contributed by atoms with Gasteiger partial charge in [-0.3, -0.25) is 10.1 Å². The second-order valence-corrected chi connectivity index (χ2v) is 5.29.